The zero-order chi connectivity index (χ0) is 17.2. The monoisotopic (exact) mass is 346 g/mol. The number of carbonyl (C=O) groups is 1. The number of hydrogen-bond donors (Lipinski definition) is 2. The van der Waals surface area contributed by atoms with Crippen LogP contribution >= 0.6 is 11.3 Å². The number of nitrogens with zero attached hydrogens (tertiary/aromatic N) is 1. The Morgan fingerprint density at radius 2 is 2.17 bits per heavy atom. The number of hydrogen-bond acceptors (Lipinski definition) is 5. The number of carbonyl (C=O) groups excluding carboxylic acids is 1. The van der Waals surface area contributed by atoms with Crippen molar-refractivity contribution in [3.05, 3.63) is 65.3 Å². The van der Waals surface area contributed by atoms with Crippen molar-refractivity contribution >= 4 is 17.2 Å². The quantitative estimate of drug-likeness (QED) is 0.744. The van der Waals surface area contributed by atoms with E-state index in [9.17, 15) is 14.3 Å². The van der Waals surface area contributed by atoms with Crippen LogP contribution in [0, 0.1) is 5.82 Å². The number of benzene rings is 1. The van der Waals surface area contributed by atoms with Crippen LogP contribution in [0.4, 0.5) is 4.39 Å². The lowest BCUT2D eigenvalue weighted by molar-refractivity contribution is 0.0331. The summed E-state index contributed by atoms with van der Waals surface area (Å²) in [4.78, 5) is 16.7. The summed E-state index contributed by atoms with van der Waals surface area (Å²) in [5, 5.41) is 13.4. The van der Waals surface area contributed by atoms with Gasteiger partial charge >= 0.3 is 0 Å². The van der Waals surface area contributed by atoms with E-state index in [1.165, 1.54) is 18.5 Å². The van der Waals surface area contributed by atoms with Gasteiger partial charge in [0.2, 0.25) is 0 Å². The van der Waals surface area contributed by atoms with E-state index in [0.717, 1.165) is 11.3 Å². The van der Waals surface area contributed by atoms with E-state index in [-0.39, 0.29) is 18.3 Å². The van der Waals surface area contributed by atoms with Crippen molar-refractivity contribution in [1.29, 1.82) is 0 Å². The molecule has 1 atom stereocenters. The van der Waals surface area contributed by atoms with Gasteiger partial charge in [0, 0.05) is 5.56 Å². The number of furan rings is 1. The Morgan fingerprint density at radius 3 is 2.88 bits per heavy atom. The molecule has 0 aliphatic heterocycles. The van der Waals surface area contributed by atoms with Gasteiger partial charge in [0.15, 0.2) is 0 Å². The molecule has 3 rings (SSSR count). The van der Waals surface area contributed by atoms with Crippen molar-refractivity contribution in [1.82, 2.24) is 10.3 Å². The zero-order valence-corrected chi connectivity index (χ0v) is 13.6. The molecule has 0 radical (unpaired) electrons. The van der Waals surface area contributed by atoms with E-state index in [1.54, 1.807) is 37.3 Å². The third kappa shape index (κ3) is 3.37. The molecule has 2 heterocycles. The molecule has 1 aromatic carbocycles. The highest BCUT2D eigenvalue weighted by Gasteiger charge is 2.27. The van der Waals surface area contributed by atoms with Crippen LogP contribution < -0.4 is 5.32 Å². The highest BCUT2D eigenvalue weighted by molar-refractivity contribution is 7.16. The highest BCUT2D eigenvalue weighted by atomic mass is 32.1. The molecule has 0 fully saturated rings. The molecule has 0 bridgehead atoms. The Hall–Kier alpha value is -2.51. The Morgan fingerprint density at radius 1 is 1.38 bits per heavy atom. The van der Waals surface area contributed by atoms with Gasteiger partial charge in [0.25, 0.3) is 5.91 Å². The molecule has 3 aromatic rings. The van der Waals surface area contributed by atoms with Crippen molar-refractivity contribution in [2.75, 3.05) is 6.54 Å². The first-order valence-electron chi connectivity index (χ1n) is 7.23. The molecule has 0 aliphatic carbocycles. The number of thiazole rings is 1. The molecule has 1 unspecified atom stereocenters. The minimum atomic E-state index is -1.32. The predicted molar refractivity (Wildman–Crippen MR) is 88.1 cm³/mol. The molecule has 2 aromatic heterocycles. The first kappa shape index (κ1) is 16.4. The summed E-state index contributed by atoms with van der Waals surface area (Å²) in [6.07, 6.45) is 2.85. The molecular formula is C17H15FN2O3S. The van der Waals surface area contributed by atoms with Crippen molar-refractivity contribution < 1.29 is 18.7 Å². The number of aromatic nitrogens is 1. The molecule has 7 heteroatoms. The van der Waals surface area contributed by atoms with E-state index in [2.05, 4.69) is 10.3 Å². The summed E-state index contributed by atoms with van der Waals surface area (Å²) in [6, 6.07) is 9.55. The molecule has 5 nitrogen and oxygen atoms in total. The van der Waals surface area contributed by atoms with Gasteiger partial charge in [0.05, 0.1) is 19.0 Å². The normalized spacial score (nSPS) is 13.5. The van der Waals surface area contributed by atoms with Gasteiger partial charge in [-0.15, -0.1) is 11.3 Å². The maximum atomic E-state index is 13.8. The summed E-state index contributed by atoms with van der Waals surface area (Å²) in [5.74, 6) is -0.416. The summed E-state index contributed by atoms with van der Waals surface area (Å²) in [6.45, 7) is 1.52. The molecule has 24 heavy (non-hydrogen) atoms. The van der Waals surface area contributed by atoms with Crippen LogP contribution in [-0.4, -0.2) is 22.5 Å². The molecule has 124 valence electrons. The van der Waals surface area contributed by atoms with Crippen molar-refractivity contribution in [3.8, 4) is 10.6 Å². The largest absolute Gasteiger partial charge is 0.466 e. The third-order valence-electron chi connectivity index (χ3n) is 3.48. The fraction of sp³-hybridized carbons (Fsp3) is 0.176. The number of halogens is 1. The Balaban J connectivity index is 1.70. The average Bonchev–Trinajstić information content (AvgIpc) is 3.25. The summed E-state index contributed by atoms with van der Waals surface area (Å²) in [5.41, 5.74) is -0.970. The Bertz CT molecular complexity index is 843. The van der Waals surface area contributed by atoms with E-state index in [4.69, 9.17) is 4.42 Å². The lowest BCUT2D eigenvalue weighted by Gasteiger charge is -2.20. The Kier molecular flexibility index (Phi) is 4.46. The van der Waals surface area contributed by atoms with Crippen LogP contribution in [0.25, 0.3) is 10.6 Å². The van der Waals surface area contributed by atoms with Gasteiger partial charge in [-0.25, -0.2) is 9.37 Å². The maximum Gasteiger partial charge on any atom is 0.263 e. The predicted octanol–water partition coefficient (Wildman–Crippen LogP) is 3.18. The van der Waals surface area contributed by atoms with Gasteiger partial charge in [-0.05, 0) is 31.2 Å². The molecule has 0 saturated heterocycles. The van der Waals surface area contributed by atoms with E-state index in [1.807, 2.05) is 0 Å². The van der Waals surface area contributed by atoms with Gasteiger partial charge in [0.1, 0.15) is 27.1 Å². The smallest absolute Gasteiger partial charge is 0.263 e. The standard InChI is InChI=1S/C17H15FN2O3S/c1-17(22,14-7-4-8-23-14)10-20-15(21)13-9-19-16(24-13)11-5-2-3-6-12(11)18/h2-9,22H,10H2,1H3,(H,20,21). The van der Waals surface area contributed by atoms with Crippen molar-refractivity contribution in [3.63, 3.8) is 0 Å². The topological polar surface area (TPSA) is 75.4 Å². The lowest BCUT2D eigenvalue weighted by atomic mass is 10.0. The first-order chi connectivity index (χ1) is 11.5. The minimum Gasteiger partial charge on any atom is -0.466 e. The third-order valence-corrected chi connectivity index (χ3v) is 4.51. The molecular weight excluding hydrogens is 331 g/mol. The molecule has 0 spiro atoms. The summed E-state index contributed by atoms with van der Waals surface area (Å²) in [7, 11) is 0. The van der Waals surface area contributed by atoms with Crippen LogP contribution in [-0.2, 0) is 5.60 Å². The second-order valence-corrected chi connectivity index (χ2v) is 6.47. The average molecular weight is 346 g/mol. The zero-order valence-electron chi connectivity index (χ0n) is 12.8. The van der Waals surface area contributed by atoms with Crippen LogP contribution in [0.3, 0.4) is 0 Å². The van der Waals surface area contributed by atoms with Crippen LogP contribution in [0.2, 0.25) is 0 Å². The summed E-state index contributed by atoms with van der Waals surface area (Å²) < 4.78 is 18.9. The second kappa shape index (κ2) is 6.54. The van der Waals surface area contributed by atoms with Gasteiger partial charge in [-0.1, -0.05) is 12.1 Å². The van der Waals surface area contributed by atoms with Crippen LogP contribution in [0.15, 0.2) is 53.3 Å². The molecule has 2 N–H and O–H groups in total. The van der Waals surface area contributed by atoms with Crippen molar-refractivity contribution in [2.45, 2.75) is 12.5 Å². The van der Waals surface area contributed by atoms with Gasteiger partial charge in [-0.3, -0.25) is 4.79 Å². The molecule has 0 saturated carbocycles. The number of nitrogens with one attached hydrogen (secondary N) is 1. The number of rotatable bonds is 5. The lowest BCUT2D eigenvalue weighted by Crippen LogP contribution is -2.38. The second-order valence-electron chi connectivity index (χ2n) is 5.44. The number of aliphatic hydroxyl groups is 1. The molecule has 0 aliphatic rings. The van der Waals surface area contributed by atoms with E-state index >= 15 is 0 Å². The van der Waals surface area contributed by atoms with Gasteiger partial charge in [-0.2, -0.15) is 0 Å². The highest BCUT2D eigenvalue weighted by Crippen LogP contribution is 2.27. The fourth-order valence-corrected chi connectivity index (χ4v) is 3.01. The number of amides is 1. The first-order valence-corrected chi connectivity index (χ1v) is 8.04. The Labute approximate surface area is 141 Å². The van der Waals surface area contributed by atoms with Crippen LogP contribution in [0.1, 0.15) is 22.4 Å². The SMILES string of the molecule is CC(O)(CNC(=O)c1cnc(-c2ccccc2F)s1)c1ccco1. The fourth-order valence-electron chi connectivity index (χ4n) is 2.15. The van der Waals surface area contributed by atoms with Crippen molar-refractivity contribution in [2.24, 2.45) is 0 Å². The van der Waals surface area contributed by atoms with Crippen LogP contribution in [0.5, 0.6) is 0 Å². The maximum absolute atomic E-state index is 13.8. The summed E-state index contributed by atoms with van der Waals surface area (Å²) >= 11 is 1.09. The van der Waals surface area contributed by atoms with E-state index in [0.29, 0.717) is 21.2 Å². The molecule has 1 amide bonds. The van der Waals surface area contributed by atoms with Gasteiger partial charge < -0.3 is 14.8 Å². The van der Waals surface area contributed by atoms with E-state index < -0.39 is 5.60 Å². The minimum absolute atomic E-state index is 0.0215.